The smallest absolute Gasteiger partial charge is 0.104 e. The second-order valence-corrected chi connectivity index (χ2v) is 4.64. The molecule has 1 aliphatic heterocycles. The van der Waals surface area contributed by atoms with Gasteiger partial charge in [-0.3, -0.25) is 9.82 Å². The summed E-state index contributed by atoms with van der Waals surface area (Å²) < 4.78 is 0. The summed E-state index contributed by atoms with van der Waals surface area (Å²) in [7, 11) is 1.89. The second kappa shape index (κ2) is 4.65. The van der Waals surface area contributed by atoms with E-state index < -0.39 is 0 Å². The van der Waals surface area contributed by atoms with Crippen molar-refractivity contribution < 1.29 is 9.94 Å². The highest BCUT2D eigenvalue weighted by Gasteiger charge is 2.32. The lowest BCUT2D eigenvalue weighted by Gasteiger charge is -2.17. The van der Waals surface area contributed by atoms with Crippen molar-refractivity contribution in [2.45, 2.75) is 18.6 Å². The van der Waals surface area contributed by atoms with Crippen molar-refractivity contribution in [1.29, 1.82) is 0 Å². The maximum Gasteiger partial charge on any atom is 0.104 e. The van der Waals surface area contributed by atoms with E-state index in [9.17, 15) is 0 Å². The molecule has 0 aliphatic carbocycles. The van der Waals surface area contributed by atoms with E-state index in [2.05, 4.69) is 17.1 Å². The third kappa shape index (κ3) is 1.99. The number of hydrogen-bond donors (Lipinski definition) is 1. The molecule has 0 amide bonds. The van der Waals surface area contributed by atoms with E-state index in [0.29, 0.717) is 0 Å². The number of rotatable bonds is 2. The lowest BCUT2D eigenvalue weighted by Crippen LogP contribution is -2.18. The molecule has 1 saturated heterocycles. The Kier molecular flexibility index (Phi) is 2.99. The highest BCUT2D eigenvalue weighted by Crippen LogP contribution is 2.32. The van der Waals surface area contributed by atoms with E-state index in [1.807, 2.05) is 31.3 Å². The van der Waals surface area contributed by atoms with E-state index in [1.165, 1.54) is 0 Å². The minimum absolute atomic E-state index is 0.0500. The quantitative estimate of drug-likeness (QED) is 0.876. The van der Waals surface area contributed by atoms with Gasteiger partial charge in [-0.15, -0.1) is 0 Å². The fourth-order valence-electron chi connectivity index (χ4n) is 2.43. The van der Waals surface area contributed by atoms with Crippen LogP contribution in [0.15, 0.2) is 36.4 Å². The Bertz CT molecular complexity index is 558. The number of pyridine rings is 1. The van der Waals surface area contributed by atoms with Gasteiger partial charge in [0.15, 0.2) is 0 Å². The van der Waals surface area contributed by atoms with Crippen LogP contribution in [0.5, 0.6) is 0 Å². The number of aliphatic hydroxyl groups is 1. The number of hydrogen-bond acceptors (Lipinski definition) is 4. The number of hydroxylamine groups is 2. The zero-order valence-corrected chi connectivity index (χ0v) is 10.3. The van der Waals surface area contributed by atoms with Crippen LogP contribution in [0, 0.1) is 0 Å². The van der Waals surface area contributed by atoms with Crippen LogP contribution in [0.25, 0.3) is 10.9 Å². The number of fused-ring (bicyclic) bond motifs is 1. The fourth-order valence-corrected chi connectivity index (χ4v) is 2.43. The zero-order chi connectivity index (χ0) is 12.5. The van der Waals surface area contributed by atoms with Crippen LogP contribution >= 0.6 is 0 Å². The van der Waals surface area contributed by atoms with Crippen LogP contribution in [0.2, 0.25) is 0 Å². The van der Waals surface area contributed by atoms with Gasteiger partial charge in [0.2, 0.25) is 0 Å². The minimum atomic E-state index is -0.117. The highest BCUT2D eigenvalue weighted by atomic mass is 16.7. The van der Waals surface area contributed by atoms with Crippen molar-refractivity contribution in [2.24, 2.45) is 0 Å². The lowest BCUT2D eigenvalue weighted by atomic mass is 10.1. The molecular weight excluding hydrogens is 228 g/mol. The Morgan fingerprint density at radius 2 is 2.17 bits per heavy atom. The molecule has 4 nitrogen and oxygen atoms in total. The molecule has 94 valence electrons. The van der Waals surface area contributed by atoms with Gasteiger partial charge in [0, 0.05) is 18.9 Å². The van der Waals surface area contributed by atoms with Gasteiger partial charge in [0.1, 0.15) is 6.10 Å². The molecule has 0 bridgehead atoms. The molecule has 1 aromatic heterocycles. The summed E-state index contributed by atoms with van der Waals surface area (Å²) in [6, 6.07) is 12.3. The van der Waals surface area contributed by atoms with E-state index >= 15 is 0 Å². The summed E-state index contributed by atoms with van der Waals surface area (Å²) in [5.74, 6) is 0. The first-order valence-electron chi connectivity index (χ1n) is 6.14. The van der Waals surface area contributed by atoms with Gasteiger partial charge < -0.3 is 5.11 Å². The summed E-state index contributed by atoms with van der Waals surface area (Å²) in [5.41, 5.74) is 1.99. The number of para-hydroxylation sites is 1. The summed E-state index contributed by atoms with van der Waals surface area (Å²) in [6.07, 6.45) is 0.659. The molecule has 3 rings (SSSR count). The van der Waals surface area contributed by atoms with Crippen LogP contribution in [0.3, 0.4) is 0 Å². The SMILES string of the molecule is CN1O[C@@H](CO)C[C@@H]1c1ccc2ccccc2n1. The van der Waals surface area contributed by atoms with Crippen LogP contribution in [-0.4, -0.2) is 34.9 Å². The van der Waals surface area contributed by atoms with Gasteiger partial charge in [0.25, 0.3) is 0 Å². The van der Waals surface area contributed by atoms with E-state index in [4.69, 9.17) is 9.94 Å². The maximum absolute atomic E-state index is 9.15. The third-order valence-corrected chi connectivity index (χ3v) is 3.41. The van der Waals surface area contributed by atoms with E-state index in [1.54, 1.807) is 5.06 Å². The van der Waals surface area contributed by atoms with Gasteiger partial charge in [-0.05, 0) is 12.1 Å². The molecule has 1 fully saturated rings. The molecular formula is C14H16N2O2. The van der Waals surface area contributed by atoms with Gasteiger partial charge in [-0.1, -0.05) is 24.3 Å². The summed E-state index contributed by atoms with van der Waals surface area (Å²) in [6.45, 7) is 0.0500. The summed E-state index contributed by atoms with van der Waals surface area (Å²) in [4.78, 5) is 10.2. The normalized spacial score (nSPS) is 24.8. The van der Waals surface area contributed by atoms with Gasteiger partial charge in [-0.25, -0.2) is 0 Å². The fraction of sp³-hybridized carbons (Fsp3) is 0.357. The van der Waals surface area contributed by atoms with Crippen molar-refractivity contribution >= 4 is 10.9 Å². The van der Waals surface area contributed by atoms with Crippen molar-refractivity contribution in [2.75, 3.05) is 13.7 Å². The van der Waals surface area contributed by atoms with Crippen molar-refractivity contribution in [3.8, 4) is 0 Å². The second-order valence-electron chi connectivity index (χ2n) is 4.64. The number of nitrogens with zero attached hydrogens (tertiary/aromatic N) is 2. The van der Waals surface area contributed by atoms with Crippen LogP contribution in [-0.2, 0) is 4.84 Å². The Morgan fingerprint density at radius 3 is 2.94 bits per heavy atom. The molecule has 0 radical (unpaired) electrons. The van der Waals surface area contributed by atoms with Crippen molar-refractivity contribution in [3.05, 3.63) is 42.1 Å². The molecule has 1 N–H and O–H groups in total. The first-order valence-corrected chi connectivity index (χ1v) is 6.14. The molecule has 1 aliphatic rings. The van der Waals surface area contributed by atoms with Gasteiger partial charge in [0.05, 0.1) is 23.9 Å². The van der Waals surface area contributed by atoms with Crippen molar-refractivity contribution in [1.82, 2.24) is 10.0 Å². The molecule has 0 saturated carbocycles. The molecule has 0 unspecified atom stereocenters. The topological polar surface area (TPSA) is 45.6 Å². The molecule has 2 aromatic rings. The molecule has 0 spiro atoms. The van der Waals surface area contributed by atoms with Crippen molar-refractivity contribution in [3.63, 3.8) is 0 Å². The molecule has 2 heterocycles. The predicted octanol–water partition coefficient (Wildman–Crippen LogP) is 1.90. The third-order valence-electron chi connectivity index (χ3n) is 3.41. The number of benzene rings is 1. The Labute approximate surface area is 106 Å². The largest absolute Gasteiger partial charge is 0.394 e. The monoisotopic (exact) mass is 244 g/mol. The Morgan fingerprint density at radius 1 is 1.33 bits per heavy atom. The minimum Gasteiger partial charge on any atom is -0.394 e. The number of aliphatic hydroxyl groups excluding tert-OH is 1. The average Bonchev–Trinajstić information content (AvgIpc) is 2.79. The first kappa shape index (κ1) is 11.6. The highest BCUT2D eigenvalue weighted by molar-refractivity contribution is 5.78. The van der Waals surface area contributed by atoms with Crippen LogP contribution in [0.1, 0.15) is 18.2 Å². The Balaban J connectivity index is 1.94. The van der Waals surface area contributed by atoms with E-state index in [-0.39, 0.29) is 18.8 Å². The lowest BCUT2D eigenvalue weighted by molar-refractivity contribution is -0.153. The van der Waals surface area contributed by atoms with Crippen LogP contribution in [0.4, 0.5) is 0 Å². The molecule has 18 heavy (non-hydrogen) atoms. The molecule has 1 aromatic carbocycles. The molecule has 4 heteroatoms. The standard InChI is InChI=1S/C14H16N2O2/c1-16-14(8-11(9-17)18-16)13-7-6-10-4-2-3-5-12(10)15-13/h2-7,11,14,17H,8-9H2,1H3/t11-,14-/m1/s1. The predicted molar refractivity (Wildman–Crippen MR) is 68.8 cm³/mol. The summed E-state index contributed by atoms with van der Waals surface area (Å²) in [5, 5.41) is 12.1. The van der Waals surface area contributed by atoms with Gasteiger partial charge in [-0.2, -0.15) is 5.06 Å². The number of aromatic nitrogens is 1. The van der Waals surface area contributed by atoms with Crippen LogP contribution < -0.4 is 0 Å². The zero-order valence-electron chi connectivity index (χ0n) is 10.3. The first-order chi connectivity index (χ1) is 8.78. The maximum atomic E-state index is 9.15. The average molecular weight is 244 g/mol. The summed E-state index contributed by atoms with van der Waals surface area (Å²) >= 11 is 0. The molecule has 2 atom stereocenters. The van der Waals surface area contributed by atoms with Gasteiger partial charge >= 0.3 is 0 Å². The van der Waals surface area contributed by atoms with E-state index in [0.717, 1.165) is 23.0 Å². The Hall–Kier alpha value is -1.49.